The molecule has 0 radical (unpaired) electrons. The molecule has 0 fully saturated rings. The number of fused-ring (bicyclic) bond motifs is 1. The summed E-state index contributed by atoms with van der Waals surface area (Å²) in [5, 5.41) is 2.21. The summed E-state index contributed by atoms with van der Waals surface area (Å²) in [5.41, 5.74) is 0. The average Bonchev–Trinajstić information content (AvgIpc) is 2.27. The monoisotopic (exact) mass is 326 g/mol. The zero-order valence-electron chi connectivity index (χ0n) is 8.87. The van der Waals surface area contributed by atoms with E-state index in [0.717, 1.165) is 16.5 Å². The van der Waals surface area contributed by atoms with Gasteiger partial charge in [-0.3, -0.25) is 4.79 Å². The summed E-state index contributed by atoms with van der Waals surface area (Å²) in [5.74, 6) is 0.800. The van der Waals surface area contributed by atoms with E-state index < -0.39 is 0 Å². The van der Waals surface area contributed by atoms with Gasteiger partial charge >= 0.3 is 0 Å². The van der Waals surface area contributed by atoms with Gasteiger partial charge in [0.25, 0.3) is 0 Å². The SMILES string of the molecule is CC(=O)COc1cccc2c(I)cccc12. The molecule has 0 aliphatic heterocycles. The van der Waals surface area contributed by atoms with E-state index in [4.69, 9.17) is 4.74 Å². The molecule has 0 aromatic heterocycles. The first-order chi connectivity index (χ1) is 7.68. The Morgan fingerprint density at radius 3 is 2.62 bits per heavy atom. The van der Waals surface area contributed by atoms with Crippen LogP contribution in [-0.2, 0) is 4.79 Å². The molecule has 0 aliphatic carbocycles. The number of rotatable bonds is 3. The number of hydrogen-bond acceptors (Lipinski definition) is 2. The third kappa shape index (κ3) is 2.35. The number of hydrogen-bond donors (Lipinski definition) is 0. The molecule has 2 aromatic rings. The number of ether oxygens (including phenoxy) is 1. The smallest absolute Gasteiger partial charge is 0.167 e. The van der Waals surface area contributed by atoms with Crippen molar-refractivity contribution in [3.05, 3.63) is 40.0 Å². The Morgan fingerprint density at radius 1 is 1.19 bits per heavy atom. The molecule has 0 bridgehead atoms. The molecule has 0 aliphatic rings. The molecule has 0 N–H and O–H groups in total. The van der Waals surface area contributed by atoms with Crippen molar-refractivity contribution in [2.75, 3.05) is 6.61 Å². The standard InChI is InChI=1S/C13H11IO2/c1-9(15)8-16-13-7-3-4-10-11(13)5-2-6-12(10)14/h2-7H,8H2,1H3. The van der Waals surface area contributed by atoms with Gasteiger partial charge in [0.05, 0.1) is 0 Å². The highest BCUT2D eigenvalue weighted by molar-refractivity contribution is 14.1. The third-order valence-corrected chi connectivity index (χ3v) is 3.20. The van der Waals surface area contributed by atoms with Crippen LogP contribution in [-0.4, -0.2) is 12.4 Å². The van der Waals surface area contributed by atoms with Crippen molar-refractivity contribution in [2.45, 2.75) is 6.92 Å². The zero-order valence-corrected chi connectivity index (χ0v) is 11.0. The fraction of sp³-hybridized carbons (Fsp3) is 0.154. The topological polar surface area (TPSA) is 26.3 Å². The van der Waals surface area contributed by atoms with Crippen LogP contribution in [0.4, 0.5) is 0 Å². The molecule has 2 aromatic carbocycles. The lowest BCUT2D eigenvalue weighted by Crippen LogP contribution is -2.06. The largest absolute Gasteiger partial charge is 0.485 e. The maximum atomic E-state index is 10.9. The molecule has 0 spiro atoms. The van der Waals surface area contributed by atoms with Crippen LogP contribution in [0, 0.1) is 3.57 Å². The van der Waals surface area contributed by atoms with Gasteiger partial charge in [0.1, 0.15) is 12.4 Å². The average molecular weight is 326 g/mol. The van der Waals surface area contributed by atoms with E-state index in [9.17, 15) is 4.79 Å². The number of carbonyl (C=O) groups is 1. The lowest BCUT2D eigenvalue weighted by atomic mass is 10.1. The highest BCUT2D eigenvalue weighted by Crippen LogP contribution is 2.28. The minimum absolute atomic E-state index is 0.0302. The van der Waals surface area contributed by atoms with Crippen LogP contribution >= 0.6 is 22.6 Å². The predicted molar refractivity (Wildman–Crippen MR) is 72.8 cm³/mol. The molecule has 0 saturated carbocycles. The van der Waals surface area contributed by atoms with Crippen molar-refractivity contribution in [1.82, 2.24) is 0 Å². The van der Waals surface area contributed by atoms with Gasteiger partial charge < -0.3 is 4.74 Å². The van der Waals surface area contributed by atoms with Gasteiger partial charge in [-0.15, -0.1) is 0 Å². The minimum Gasteiger partial charge on any atom is -0.485 e. The molecule has 0 saturated heterocycles. The Labute approximate surface area is 108 Å². The summed E-state index contributed by atoms with van der Waals surface area (Å²) < 4.78 is 6.67. The van der Waals surface area contributed by atoms with Crippen LogP contribution in [0.1, 0.15) is 6.92 Å². The summed E-state index contributed by atoms with van der Waals surface area (Å²) in [7, 11) is 0. The number of ketones is 1. The fourth-order valence-corrected chi connectivity index (χ4v) is 2.23. The van der Waals surface area contributed by atoms with Gasteiger partial charge in [0, 0.05) is 8.96 Å². The van der Waals surface area contributed by atoms with E-state index in [0.29, 0.717) is 0 Å². The molecule has 82 valence electrons. The number of halogens is 1. The summed E-state index contributed by atoms with van der Waals surface area (Å²) in [6.45, 7) is 1.65. The Balaban J connectivity index is 2.45. The summed E-state index contributed by atoms with van der Waals surface area (Å²) in [6.07, 6.45) is 0. The Kier molecular flexibility index (Phi) is 3.43. The van der Waals surface area contributed by atoms with Gasteiger partial charge in [0.15, 0.2) is 5.78 Å². The van der Waals surface area contributed by atoms with Gasteiger partial charge in [-0.25, -0.2) is 0 Å². The van der Waals surface area contributed by atoms with E-state index in [-0.39, 0.29) is 12.4 Å². The second-order valence-corrected chi connectivity index (χ2v) is 4.74. The van der Waals surface area contributed by atoms with Crippen molar-refractivity contribution >= 4 is 39.1 Å². The molecule has 3 heteroatoms. The molecule has 16 heavy (non-hydrogen) atoms. The lowest BCUT2D eigenvalue weighted by molar-refractivity contribution is -0.118. The normalized spacial score (nSPS) is 10.4. The molecular formula is C13H11IO2. The van der Waals surface area contributed by atoms with Gasteiger partial charge in [0.2, 0.25) is 0 Å². The first-order valence-electron chi connectivity index (χ1n) is 4.98. The molecule has 0 unspecified atom stereocenters. The van der Waals surface area contributed by atoms with Gasteiger partial charge in [-0.05, 0) is 47.0 Å². The summed E-state index contributed by atoms with van der Waals surface area (Å²) in [6, 6.07) is 11.9. The van der Waals surface area contributed by atoms with E-state index in [2.05, 4.69) is 34.7 Å². The van der Waals surface area contributed by atoms with Crippen molar-refractivity contribution < 1.29 is 9.53 Å². The van der Waals surface area contributed by atoms with Crippen molar-refractivity contribution in [1.29, 1.82) is 0 Å². The number of benzene rings is 2. The predicted octanol–water partition coefficient (Wildman–Crippen LogP) is 3.41. The zero-order chi connectivity index (χ0) is 11.5. The molecule has 2 nitrogen and oxygen atoms in total. The molecule has 0 heterocycles. The van der Waals surface area contributed by atoms with E-state index >= 15 is 0 Å². The van der Waals surface area contributed by atoms with Crippen molar-refractivity contribution in [2.24, 2.45) is 0 Å². The summed E-state index contributed by atoms with van der Waals surface area (Å²) in [4.78, 5) is 10.9. The Bertz CT molecular complexity index is 534. The molecule has 0 amide bonds. The highest BCUT2D eigenvalue weighted by atomic mass is 127. The minimum atomic E-state index is 0.0302. The lowest BCUT2D eigenvalue weighted by Gasteiger charge is -2.08. The van der Waals surface area contributed by atoms with E-state index in [1.54, 1.807) is 0 Å². The second-order valence-electron chi connectivity index (χ2n) is 3.58. The molecule has 2 rings (SSSR count). The Morgan fingerprint density at radius 2 is 1.88 bits per heavy atom. The maximum absolute atomic E-state index is 10.9. The van der Waals surface area contributed by atoms with Crippen LogP contribution in [0.5, 0.6) is 5.75 Å². The third-order valence-electron chi connectivity index (χ3n) is 2.26. The summed E-state index contributed by atoms with van der Waals surface area (Å²) >= 11 is 2.29. The van der Waals surface area contributed by atoms with Gasteiger partial charge in [-0.2, -0.15) is 0 Å². The maximum Gasteiger partial charge on any atom is 0.167 e. The van der Waals surface area contributed by atoms with E-state index in [1.165, 1.54) is 10.5 Å². The van der Waals surface area contributed by atoms with Crippen LogP contribution in [0.2, 0.25) is 0 Å². The van der Waals surface area contributed by atoms with Crippen LogP contribution in [0.15, 0.2) is 36.4 Å². The van der Waals surface area contributed by atoms with Crippen LogP contribution in [0.3, 0.4) is 0 Å². The molecular weight excluding hydrogens is 315 g/mol. The number of carbonyl (C=O) groups excluding carboxylic acids is 1. The highest BCUT2D eigenvalue weighted by Gasteiger charge is 2.04. The quantitative estimate of drug-likeness (QED) is 0.808. The second kappa shape index (κ2) is 4.82. The first kappa shape index (κ1) is 11.4. The van der Waals surface area contributed by atoms with Crippen LogP contribution in [0.25, 0.3) is 10.8 Å². The number of Topliss-reactive ketones (excluding diaryl/α,β-unsaturated/α-hetero) is 1. The fourth-order valence-electron chi connectivity index (χ4n) is 1.55. The van der Waals surface area contributed by atoms with Gasteiger partial charge in [-0.1, -0.05) is 24.3 Å². The van der Waals surface area contributed by atoms with Crippen molar-refractivity contribution in [3.63, 3.8) is 0 Å². The molecule has 0 atom stereocenters. The van der Waals surface area contributed by atoms with E-state index in [1.807, 2.05) is 24.3 Å². The van der Waals surface area contributed by atoms with Crippen molar-refractivity contribution in [3.8, 4) is 5.75 Å². The van der Waals surface area contributed by atoms with Crippen LogP contribution < -0.4 is 4.74 Å². The first-order valence-corrected chi connectivity index (χ1v) is 6.06. The Hall–Kier alpha value is -1.10.